The highest BCUT2D eigenvalue weighted by Crippen LogP contribution is 2.40. The number of hydrogen-bond acceptors (Lipinski definition) is 5. The molecule has 2 bridgehead atoms. The predicted octanol–water partition coefficient (Wildman–Crippen LogP) is -1.17. The zero-order valence-corrected chi connectivity index (χ0v) is 9.59. The Kier molecular flexibility index (Phi) is 2.84. The summed E-state index contributed by atoms with van der Waals surface area (Å²) in [5.74, 6) is -2.42. The second-order valence-electron chi connectivity index (χ2n) is 4.25. The fraction of sp³-hybridized carbons (Fsp3) is 0.750. The molecule has 3 atom stereocenters. The van der Waals surface area contributed by atoms with Crippen molar-refractivity contribution in [1.29, 1.82) is 0 Å². The molecule has 9 heteroatoms. The van der Waals surface area contributed by atoms with Gasteiger partial charge in [-0.1, -0.05) is 0 Å². The molecule has 1 unspecified atom stereocenters. The van der Waals surface area contributed by atoms with E-state index in [4.69, 9.17) is 10.3 Å². The Morgan fingerprint density at radius 3 is 2.65 bits per heavy atom. The molecule has 0 spiro atoms. The second kappa shape index (κ2) is 3.93. The Hall–Kier alpha value is -1.19. The van der Waals surface area contributed by atoms with Gasteiger partial charge in [0.2, 0.25) is 5.91 Å². The molecule has 0 aromatic carbocycles. The van der Waals surface area contributed by atoms with Crippen LogP contribution in [0.3, 0.4) is 0 Å². The Morgan fingerprint density at radius 1 is 1.47 bits per heavy atom. The van der Waals surface area contributed by atoms with E-state index < -0.39 is 40.1 Å². The largest absolute Gasteiger partial charge is 0.418 e. The predicted molar refractivity (Wildman–Crippen MR) is 53.3 cm³/mol. The van der Waals surface area contributed by atoms with Gasteiger partial charge < -0.3 is 5.73 Å². The van der Waals surface area contributed by atoms with Gasteiger partial charge in [0.05, 0.1) is 12.0 Å². The molecule has 0 aromatic rings. The number of rotatable bonds is 3. The topological polar surface area (TPSA) is 127 Å². The van der Waals surface area contributed by atoms with Gasteiger partial charge in [-0.2, -0.15) is 13.5 Å². The SMILES string of the molecule is NC(=O)[C@@H]1CC[C@@H]2CC1C(=O)N2OS(=O)(=O)O. The lowest BCUT2D eigenvalue weighted by molar-refractivity contribution is -0.159. The van der Waals surface area contributed by atoms with Crippen LogP contribution in [0, 0.1) is 11.8 Å². The molecule has 0 radical (unpaired) electrons. The van der Waals surface area contributed by atoms with Crippen LogP contribution in [0.25, 0.3) is 0 Å². The standard InChI is InChI=1S/C8H12N2O6S/c9-7(11)5-2-1-4-3-6(5)8(12)10(4)16-17(13,14)15/h4-6H,1-3H2,(H2,9,11)(H,13,14,15)/t4-,5-,6?/m1/s1. The first-order valence-electron chi connectivity index (χ1n) is 5.09. The molecule has 2 aliphatic rings. The first-order valence-corrected chi connectivity index (χ1v) is 6.45. The molecular weight excluding hydrogens is 252 g/mol. The van der Waals surface area contributed by atoms with E-state index in [0.717, 1.165) is 0 Å². The van der Waals surface area contributed by atoms with Crippen molar-refractivity contribution in [3.8, 4) is 0 Å². The smallest absolute Gasteiger partial charge is 0.369 e. The number of fused-ring (bicyclic) bond motifs is 2. The third-order valence-corrected chi connectivity index (χ3v) is 3.58. The van der Waals surface area contributed by atoms with Gasteiger partial charge in [-0.15, -0.1) is 4.28 Å². The number of primary amides is 1. The van der Waals surface area contributed by atoms with Crippen LogP contribution in [-0.2, 0) is 24.3 Å². The zero-order chi connectivity index (χ0) is 12.8. The number of nitrogens with zero attached hydrogens (tertiary/aromatic N) is 1. The molecule has 2 rings (SSSR count). The van der Waals surface area contributed by atoms with Crippen LogP contribution in [0.1, 0.15) is 19.3 Å². The minimum Gasteiger partial charge on any atom is -0.369 e. The molecule has 1 aliphatic carbocycles. The summed E-state index contributed by atoms with van der Waals surface area (Å²) in [5.41, 5.74) is 5.17. The monoisotopic (exact) mass is 264 g/mol. The minimum atomic E-state index is -4.73. The van der Waals surface area contributed by atoms with Gasteiger partial charge in [0.1, 0.15) is 0 Å². The maximum Gasteiger partial charge on any atom is 0.418 e. The van der Waals surface area contributed by atoms with Crippen LogP contribution < -0.4 is 5.73 Å². The number of nitrogens with two attached hydrogens (primary N) is 1. The summed E-state index contributed by atoms with van der Waals surface area (Å²) in [6, 6.07) is -0.426. The summed E-state index contributed by atoms with van der Waals surface area (Å²) in [6.07, 6.45) is 1.16. The van der Waals surface area contributed by atoms with Crippen molar-refractivity contribution in [1.82, 2.24) is 5.06 Å². The molecule has 1 aliphatic heterocycles. The van der Waals surface area contributed by atoms with E-state index in [1.807, 2.05) is 0 Å². The summed E-state index contributed by atoms with van der Waals surface area (Å²) in [6.45, 7) is 0. The van der Waals surface area contributed by atoms with Crippen LogP contribution in [-0.4, -0.2) is 35.9 Å². The van der Waals surface area contributed by atoms with E-state index >= 15 is 0 Å². The first-order chi connectivity index (χ1) is 7.79. The molecule has 3 N–H and O–H groups in total. The highest BCUT2D eigenvalue weighted by molar-refractivity contribution is 7.80. The Bertz CT molecular complexity index is 461. The second-order valence-corrected chi connectivity index (χ2v) is 5.25. The third kappa shape index (κ3) is 2.26. The van der Waals surface area contributed by atoms with Gasteiger partial charge in [0.25, 0.3) is 5.91 Å². The van der Waals surface area contributed by atoms with Crippen LogP contribution >= 0.6 is 0 Å². The normalized spacial score (nSPS) is 32.9. The van der Waals surface area contributed by atoms with Crippen molar-refractivity contribution < 1.29 is 26.8 Å². The van der Waals surface area contributed by atoms with Crippen molar-refractivity contribution >= 4 is 22.2 Å². The molecule has 0 aromatic heterocycles. The van der Waals surface area contributed by atoms with Crippen molar-refractivity contribution in [2.75, 3.05) is 0 Å². The molecule has 17 heavy (non-hydrogen) atoms. The molecular formula is C8H12N2O6S. The summed E-state index contributed by atoms with van der Waals surface area (Å²) in [7, 11) is -4.73. The average molecular weight is 264 g/mol. The summed E-state index contributed by atoms with van der Waals surface area (Å²) >= 11 is 0. The van der Waals surface area contributed by atoms with Gasteiger partial charge in [-0.05, 0) is 19.3 Å². The van der Waals surface area contributed by atoms with E-state index in [-0.39, 0.29) is 0 Å². The molecule has 1 heterocycles. The summed E-state index contributed by atoms with van der Waals surface area (Å²) < 4.78 is 33.9. The first kappa shape index (κ1) is 12.3. The zero-order valence-electron chi connectivity index (χ0n) is 8.77. The number of carbonyl (C=O) groups excluding carboxylic acids is 2. The van der Waals surface area contributed by atoms with Gasteiger partial charge in [0, 0.05) is 5.92 Å². The number of hydrogen-bond donors (Lipinski definition) is 2. The van der Waals surface area contributed by atoms with Crippen LogP contribution in [0.4, 0.5) is 0 Å². The van der Waals surface area contributed by atoms with Gasteiger partial charge >= 0.3 is 10.4 Å². The van der Waals surface area contributed by atoms with Gasteiger partial charge in [-0.3, -0.25) is 14.1 Å². The molecule has 96 valence electrons. The highest BCUT2D eigenvalue weighted by Gasteiger charge is 2.50. The Balaban J connectivity index is 2.20. The van der Waals surface area contributed by atoms with Crippen molar-refractivity contribution in [2.24, 2.45) is 17.6 Å². The lowest BCUT2D eigenvalue weighted by atomic mass is 9.80. The minimum absolute atomic E-state index is 0.321. The maximum atomic E-state index is 11.8. The Morgan fingerprint density at radius 2 is 2.12 bits per heavy atom. The number of carbonyl (C=O) groups is 2. The Labute approximate surface area is 97.6 Å². The third-order valence-electron chi connectivity index (χ3n) is 3.23. The van der Waals surface area contributed by atoms with Gasteiger partial charge in [-0.25, -0.2) is 0 Å². The van der Waals surface area contributed by atoms with Crippen LogP contribution in [0.5, 0.6) is 0 Å². The van der Waals surface area contributed by atoms with Crippen molar-refractivity contribution in [2.45, 2.75) is 25.3 Å². The quantitative estimate of drug-likeness (QED) is 0.618. The lowest BCUT2D eigenvalue weighted by Crippen LogP contribution is -2.35. The van der Waals surface area contributed by atoms with E-state index in [2.05, 4.69) is 4.28 Å². The van der Waals surface area contributed by atoms with E-state index in [1.165, 1.54) is 0 Å². The van der Waals surface area contributed by atoms with Gasteiger partial charge in [0.15, 0.2) is 0 Å². The highest BCUT2D eigenvalue weighted by atomic mass is 32.3. The fourth-order valence-electron chi connectivity index (χ4n) is 2.52. The van der Waals surface area contributed by atoms with Crippen molar-refractivity contribution in [3.05, 3.63) is 0 Å². The fourth-order valence-corrected chi connectivity index (χ4v) is 2.92. The number of hydroxylamine groups is 2. The molecule has 2 amide bonds. The molecule has 1 saturated heterocycles. The van der Waals surface area contributed by atoms with E-state index in [0.29, 0.717) is 24.3 Å². The van der Waals surface area contributed by atoms with Crippen LogP contribution in [0.15, 0.2) is 0 Å². The van der Waals surface area contributed by atoms with Crippen molar-refractivity contribution in [3.63, 3.8) is 0 Å². The molecule has 8 nitrogen and oxygen atoms in total. The lowest BCUT2D eigenvalue weighted by Gasteiger charge is -2.24. The molecule has 2 fully saturated rings. The molecule has 1 saturated carbocycles. The summed E-state index contributed by atoms with van der Waals surface area (Å²) in [5, 5.41) is 0.642. The van der Waals surface area contributed by atoms with E-state index in [1.54, 1.807) is 0 Å². The average Bonchev–Trinajstić information content (AvgIpc) is 2.42. The maximum absolute atomic E-state index is 11.8. The summed E-state index contributed by atoms with van der Waals surface area (Å²) in [4.78, 5) is 22.9. The number of amides is 2. The van der Waals surface area contributed by atoms with Crippen LogP contribution in [0.2, 0.25) is 0 Å². The van der Waals surface area contributed by atoms with E-state index in [9.17, 15) is 18.0 Å².